The van der Waals surface area contributed by atoms with Crippen molar-refractivity contribution in [3.05, 3.63) is 36.1 Å². The molecule has 0 aliphatic carbocycles. The lowest BCUT2D eigenvalue weighted by Crippen LogP contribution is -2.37. The van der Waals surface area contributed by atoms with Gasteiger partial charge in [0.15, 0.2) is 5.96 Å². The van der Waals surface area contributed by atoms with E-state index in [4.69, 9.17) is 10.8 Å². The number of para-hydroxylation sites is 1. The van der Waals surface area contributed by atoms with E-state index in [-0.39, 0.29) is 24.0 Å². The Labute approximate surface area is 142 Å². The minimum atomic E-state index is 0. The first-order valence-corrected chi connectivity index (χ1v) is 6.76. The summed E-state index contributed by atoms with van der Waals surface area (Å²) in [6.45, 7) is 3.95. The number of nitrogens with one attached hydrogen (secondary N) is 2. The normalized spacial score (nSPS) is 10.8. The lowest BCUT2D eigenvalue weighted by Gasteiger charge is -2.08. The monoisotopic (exact) mass is 397 g/mol. The minimum Gasteiger partial charge on any atom is -0.461 e. The number of halogens is 1. The Morgan fingerprint density at radius 2 is 2.14 bits per heavy atom. The molecule has 1 heterocycles. The highest BCUT2D eigenvalue weighted by Crippen LogP contribution is 2.18. The van der Waals surface area contributed by atoms with E-state index in [9.17, 15) is 0 Å². The standard InChI is InChI=1S/C16H19N3O.HI/c1-3-10-18-16(17-4-2)19-11-9-14-12-13-7-5-6-8-15(13)20-14;/h1,5-8,12H,4,9-11H2,2H3,(H2,17,18,19);1H. The molecular formula is C16H20IN3O. The summed E-state index contributed by atoms with van der Waals surface area (Å²) in [6.07, 6.45) is 5.99. The quantitative estimate of drug-likeness (QED) is 0.353. The molecule has 0 saturated carbocycles. The Morgan fingerprint density at radius 1 is 1.33 bits per heavy atom. The van der Waals surface area contributed by atoms with E-state index >= 15 is 0 Å². The zero-order valence-corrected chi connectivity index (χ0v) is 14.4. The van der Waals surface area contributed by atoms with Gasteiger partial charge >= 0.3 is 0 Å². The maximum atomic E-state index is 5.75. The third kappa shape index (κ3) is 5.31. The zero-order valence-electron chi connectivity index (χ0n) is 12.1. The molecule has 5 heteroatoms. The molecule has 112 valence electrons. The van der Waals surface area contributed by atoms with Gasteiger partial charge in [0.2, 0.25) is 0 Å². The largest absolute Gasteiger partial charge is 0.461 e. The molecule has 0 amide bonds. The summed E-state index contributed by atoms with van der Waals surface area (Å²) in [4.78, 5) is 4.46. The average molecular weight is 397 g/mol. The van der Waals surface area contributed by atoms with Crippen molar-refractivity contribution in [3.63, 3.8) is 0 Å². The van der Waals surface area contributed by atoms with Crippen LogP contribution < -0.4 is 10.6 Å². The second-order valence-corrected chi connectivity index (χ2v) is 4.32. The SMILES string of the molecule is C#CCNC(=NCCc1cc2ccccc2o1)NCC.I. The maximum Gasteiger partial charge on any atom is 0.192 e. The van der Waals surface area contributed by atoms with Crippen LogP contribution in [0.2, 0.25) is 0 Å². The van der Waals surface area contributed by atoms with Crippen molar-refractivity contribution in [2.75, 3.05) is 19.6 Å². The van der Waals surface area contributed by atoms with Gasteiger partial charge in [-0.15, -0.1) is 30.4 Å². The van der Waals surface area contributed by atoms with Crippen molar-refractivity contribution in [2.24, 2.45) is 4.99 Å². The number of nitrogens with zero attached hydrogens (tertiary/aromatic N) is 1. The van der Waals surface area contributed by atoms with Gasteiger partial charge in [-0.1, -0.05) is 24.1 Å². The molecule has 0 unspecified atom stereocenters. The highest BCUT2D eigenvalue weighted by molar-refractivity contribution is 14.0. The Balaban J connectivity index is 0.00000220. The predicted octanol–water partition coefficient (Wildman–Crippen LogP) is 2.78. The van der Waals surface area contributed by atoms with Crippen molar-refractivity contribution in [1.29, 1.82) is 0 Å². The van der Waals surface area contributed by atoms with E-state index in [1.54, 1.807) is 0 Å². The molecule has 2 aromatic rings. The van der Waals surface area contributed by atoms with E-state index in [2.05, 4.69) is 27.6 Å². The lowest BCUT2D eigenvalue weighted by molar-refractivity contribution is 0.550. The van der Waals surface area contributed by atoms with Gasteiger partial charge in [-0.25, -0.2) is 0 Å². The van der Waals surface area contributed by atoms with Crippen LogP contribution in [0.1, 0.15) is 12.7 Å². The molecule has 0 radical (unpaired) electrons. The number of furan rings is 1. The lowest BCUT2D eigenvalue weighted by atomic mass is 10.2. The first kappa shape index (κ1) is 17.4. The maximum absolute atomic E-state index is 5.75. The van der Waals surface area contributed by atoms with Gasteiger partial charge < -0.3 is 15.1 Å². The van der Waals surface area contributed by atoms with Gasteiger partial charge in [0.05, 0.1) is 6.54 Å². The summed E-state index contributed by atoms with van der Waals surface area (Å²) in [7, 11) is 0. The molecule has 0 fully saturated rings. The van der Waals surface area contributed by atoms with Gasteiger partial charge in [0, 0.05) is 24.9 Å². The molecule has 2 N–H and O–H groups in total. The van der Waals surface area contributed by atoms with Gasteiger partial charge in [-0.05, 0) is 19.1 Å². The molecule has 0 aliphatic heterocycles. The second-order valence-electron chi connectivity index (χ2n) is 4.32. The molecule has 1 aromatic carbocycles. The number of fused-ring (bicyclic) bond motifs is 1. The molecule has 0 bridgehead atoms. The molecule has 4 nitrogen and oxygen atoms in total. The number of aliphatic imine (C=N–C) groups is 1. The fourth-order valence-corrected chi connectivity index (χ4v) is 1.91. The van der Waals surface area contributed by atoms with Crippen LogP contribution in [0.15, 0.2) is 39.7 Å². The zero-order chi connectivity index (χ0) is 14.2. The number of guanidine groups is 1. The summed E-state index contributed by atoms with van der Waals surface area (Å²) in [6, 6.07) is 10.1. The van der Waals surface area contributed by atoms with E-state index in [0.29, 0.717) is 13.1 Å². The summed E-state index contributed by atoms with van der Waals surface area (Å²) >= 11 is 0. The topological polar surface area (TPSA) is 49.6 Å². The van der Waals surface area contributed by atoms with Gasteiger partial charge in [0.1, 0.15) is 11.3 Å². The molecule has 1 aromatic heterocycles. The number of rotatable bonds is 5. The van der Waals surface area contributed by atoms with Crippen LogP contribution in [0.5, 0.6) is 0 Å². The third-order valence-corrected chi connectivity index (χ3v) is 2.81. The molecule has 0 atom stereocenters. The van der Waals surface area contributed by atoms with Gasteiger partial charge in [0.25, 0.3) is 0 Å². The van der Waals surface area contributed by atoms with Crippen molar-refractivity contribution in [2.45, 2.75) is 13.3 Å². The van der Waals surface area contributed by atoms with Gasteiger partial charge in [-0.2, -0.15) is 0 Å². The minimum absolute atomic E-state index is 0. The van der Waals surface area contributed by atoms with E-state index in [1.807, 2.05) is 31.2 Å². The highest BCUT2D eigenvalue weighted by atomic mass is 127. The summed E-state index contributed by atoms with van der Waals surface area (Å²) < 4.78 is 5.75. The first-order valence-electron chi connectivity index (χ1n) is 6.76. The number of hydrogen-bond acceptors (Lipinski definition) is 2. The molecule has 21 heavy (non-hydrogen) atoms. The van der Waals surface area contributed by atoms with Gasteiger partial charge in [-0.3, -0.25) is 4.99 Å². The molecule has 0 aliphatic rings. The van der Waals surface area contributed by atoms with Crippen LogP contribution in [0, 0.1) is 12.3 Å². The molecule has 0 spiro atoms. The average Bonchev–Trinajstić information content (AvgIpc) is 2.87. The molecule has 2 rings (SSSR count). The predicted molar refractivity (Wildman–Crippen MR) is 98.1 cm³/mol. The van der Waals surface area contributed by atoms with E-state index in [1.165, 1.54) is 0 Å². The Kier molecular flexibility index (Phi) is 7.69. The Bertz CT molecular complexity index is 595. The number of hydrogen-bond donors (Lipinski definition) is 2. The van der Waals surface area contributed by atoms with Crippen LogP contribution in [-0.2, 0) is 6.42 Å². The summed E-state index contributed by atoms with van der Waals surface area (Å²) in [5.41, 5.74) is 0.920. The van der Waals surface area contributed by atoms with Crippen molar-refractivity contribution in [1.82, 2.24) is 10.6 Å². The number of terminal acetylenes is 1. The second kappa shape index (κ2) is 9.29. The van der Waals surface area contributed by atoms with Crippen molar-refractivity contribution >= 4 is 40.9 Å². The Morgan fingerprint density at radius 3 is 2.86 bits per heavy atom. The number of benzene rings is 1. The summed E-state index contributed by atoms with van der Waals surface area (Å²) in [5, 5.41) is 7.33. The fraction of sp³-hybridized carbons (Fsp3) is 0.312. The molecular weight excluding hydrogens is 377 g/mol. The van der Waals surface area contributed by atoms with Crippen LogP contribution in [0.4, 0.5) is 0 Å². The summed E-state index contributed by atoms with van der Waals surface area (Å²) in [5.74, 6) is 4.22. The fourth-order valence-electron chi connectivity index (χ4n) is 1.91. The first-order chi connectivity index (χ1) is 9.83. The van der Waals surface area contributed by atoms with Crippen LogP contribution in [-0.4, -0.2) is 25.6 Å². The third-order valence-electron chi connectivity index (χ3n) is 2.81. The smallest absolute Gasteiger partial charge is 0.192 e. The Hall–Kier alpha value is -1.68. The highest BCUT2D eigenvalue weighted by Gasteiger charge is 2.02. The van der Waals surface area contributed by atoms with Crippen LogP contribution in [0.3, 0.4) is 0 Å². The van der Waals surface area contributed by atoms with E-state index < -0.39 is 0 Å². The van der Waals surface area contributed by atoms with Crippen molar-refractivity contribution < 1.29 is 4.42 Å². The molecule has 0 saturated heterocycles. The van der Waals surface area contributed by atoms with Crippen LogP contribution in [0.25, 0.3) is 11.0 Å². The van der Waals surface area contributed by atoms with E-state index in [0.717, 1.165) is 35.7 Å². The van der Waals surface area contributed by atoms with Crippen LogP contribution >= 0.6 is 24.0 Å². The van der Waals surface area contributed by atoms with Crippen molar-refractivity contribution in [3.8, 4) is 12.3 Å².